The van der Waals surface area contributed by atoms with Crippen LogP contribution in [0.25, 0.3) is 0 Å². The standard InChI is InChI=1S/C13H15FN2O4/c14-8-4-5-12(16(19)20)11(6-8)13(18)15-9-2-1-3-10(17)7-9/h4-6,9-10,17H,1-3,7H2,(H,15,18). The summed E-state index contributed by atoms with van der Waals surface area (Å²) in [6.45, 7) is 0. The first-order valence-electron chi connectivity index (χ1n) is 6.40. The van der Waals surface area contributed by atoms with E-state index in [1.54, 1.807) is 0 Å². The molecule has 2 unspecified atom stereocenters. The minimum Gasteiger partial charge on any atom is -0.393 e. The van der Waals surface area contributed by atoms with Gasteiger partial charge in [-0.15, -0.1) is 0 Å². The number of hydrogen-bond acceptors (Lipinski definition) is 4. The first-order chi connectivity index (χ1) is 9.47. The Morgan fingerprint density at radius 1 is 1.45 bits per heavy atom. The molecule has 6 nitrogen and oxygen atoms in total. The van der Waals surface area contributed by atoms with E-state index in [0.29, 0.717) is 19.3 Å². The summed E-state index contributed by atoms with van der Waals surface area (Å²) in [6, 6.07) is 2.53. The van der Waals surface area contributed by atoms with Gasteiger partial charge in [0.05, 0.1) is 11.0 Å². The number of carbonyl (C=O) groups excluding carboxylic acids is 1. The molecule has 0 aliphatic heterocycles. The van der Waals surface area contributed by atoms with Gasteiger partial charge in [0.15, 0.2) is 0 Å². The maximum absolute atomic E-state index is 13.2. The molecule has 1 aliphatic carbocycles. The van der Waals surface area contributed by atoms with Crippen LogP contribution in [-0.4, -0.2) is 28.1 Å². The summed E-state index contributed by atoms with van der Waals surface area (Å²) in [4.78, 5) is 22.2. The molecule has 108 valence electrons. The van der Waals surface area contributed by atoms with E-state index in [1.807, 2.05) is 0 Å². The second kappa shape index (κ2) is 5.96. The lowest BCUT2D eigenvalue weighted by Crippen LogP contribution is -2.40. The smallest absolute Gasteiger partial charge is 0.282 e. The second-order valence-corrected chi connectivity index (χ2v) is 4.91. The third kappa shape index (κ3) is 3.30. The van der Waals surface area contributed by atoms with Crippen LogP contribution in [0.2, 0.25) is 0 Å². The van der Waals surface area contributed by atoms with Crippen molar-refractivity contribution in [2.45, 2.75) is 37.8 Å². The lowest BCUT2D eigenvalue weighted by atomic mass is 9.93. The highest BCUT2D eigenvalue weighted by atomic mass is 19.1. The van der Waals surface area contributed by atoms with Crippen molar-refractivity contribution < 1.29 is 19.2 Å². The number of amides is 1. The van der Waals surface area contributed by atoms with Gasteiger partial charge in [0, 0.05) is 12.1 Å². The molecular weight excluding hydrogens is 267 g/mol. The molecule has 2 rings (SSSR count). The van der Waals surface area contributed by atoms with Gasteiger partial charge in [-0.1, -0.05) is 0 Å². The third-order valence-corrected chi connectivity index (χ3v) is 3.38. The number of hydrogen-bond donors (Lipinski definition) is 2. The minimum absolute atomic E-state index is 0.242. The fraction of sp³-hybridized carbons (Fsp3) is 0.462. The minimum atomic E-state index is -0.718. The van der Waals surface area contributed by atoms with Crippen molar-refractivity contribution in [3.8, 4) is 0 Å². The molecule has 1 aromatic carbocycles. The maximum Gasteiger partial charge on any atom is 0.282 e. The third-order valence-electron chi connectivity index (χ3n) is 3.38. The molecule has 0 bridgehead atoms. The van der Waals surface area contributed by atoms with Crippen molar-refractivity contribution in [1.29, 1.82) is 0 Å². The van der Waals surface area contributed by atoms with Crippen molar-refractivity contribution in [3.63, 3.8) is 0 Å². The Bertz CT molecular complexity index is 535. The highest BCUT2D eigenvalue weighted by Gasteiger charge is 2.26. The maximum atomic E-state index is 13.2. The fourth-order valence-corrected chi connectivity index (χ4v) is 2.41. The highest BCUT2D eigenvalue weighted by Crippen LogP contribution is 2.22. The summed E-state index contributed by atoms with van der Waals surface area (Å²) in [7, 11) is 0. The quantitative estimate of drug-likeness (QED) is 0.652. The van der Waals surface area contributed by atoms with Crippen molar-refractivity contribution >= 4 is 11.6 Å². The number of rotatable bonds is 3. The average molecular weight is 282 g/mol. The van der Waals surface area contributed by atoms with E-state index >= 15 is 0 Å². The summed E-state index contributed by atoms with van der Waals surface area (Å²) in [6.07, 6.45) is 2.10. The number of aliphatic hydroxyl groups excluding tert-OH is 1. The molecular formula is C13H15FN2O4. The van der Waals surface area contributed by atoms with Crippen LogP contribution in [0.4, 0.5) is 10.1 Å². The zero-order chi connectivity index (χ0) is 14.7. The Labute approximate surface area is 114 Å². The molecule has 1 aliphatic rings. The largest absolute Gasteiger partial charge is 0.393 e. The van der Waals surface area contributed by atoms with Crippen LogP contribution in [0.3, 0.4) is 0 Å². The van der Waals surface area contributed by atoms with E-state index in [0.717, 1.165) is 24.6 Å². The number of nitrogens with zero attached hydrogens (tertiary/aromatic N) is 1. The Kier molecular flexibility index (Phi) is 4.29. The van der Waals surface area contributed by atoms with Crippen LogP contribution < -0.4 is 5.32 Å². The van der Waals surface area contributed by atoms with E-state index in [2.05, 4.69) is 5.32 Å². The van der Waals surface area contributed by atoms with E-state index in [4.69, 9.17) is 0 Å². The molecule has 0 spiro atoms. The lowest BCUT2D eigenvalue weighted by Gasteiger charge is -2.26. The molecule has 1 amide bonds. The van der Waals surface area contributed by atoms with Crippen LogP contribution in [0.15, 0.2) is 18.2 Å². The Morgan fingerprint density at radius 3 is 2.85 bits per heavy atom. The predicted octanol–water partition coefficient (Wildman–Crippen LogP) is 1.77. The number of aliphatic hydroxyl groups is 1. The Hall–Kier alpha value is -2.02. The summed E-state index contributed by atoms with van der Waals surface area (Å²) < 4.78 is 13.2. The number of halogens is 1. The van der Waals surface area contributed by atoms with Crippen molar-refractivity contribution in [2.24, 2.45) is 0 Å². The average Bonchev–Trinajstić information content (AvgIpc) is 2.38. The highest BCUT2D eigenvalue weighted by molar-refractivity contribution is 5.98. The van der Waals surface area contributed by atoms with Crippen LogP contribution in [0, 0.1) is 15.9 Å². The molecule has 0 aromatic heterocycles. The normalized spacial score (nSPS) is 22.3. The summed E-state index contributed by atoms with van der Waals surface area (Å²) >= 11 is 0. The predicted molar refractivity (Wildman–Crippen MR) is 68.8 cm³/mol. The van der Waals surface area contributed by atoms with E-state index in [9.17, 15) is 24.4 Å². The van der Waals surface area contributed by atoms with Crippen molar-refractivity contribution in [3.05, 3.63) is 39.7 Å². The summed E-state index contributed by atoms with van der Waals surface area (Å²) in [5.41, 5.74) is -0.727. The van der Waals surface area contributed by atoms with Gasteiger partial charge in [-0.3, -0.25) is 14.9 Å². The molecule has 20 heavy (non-hydrogen) atoms. The molecule has 0 heterocycles. The molecule has 1 aromatic rings. The van der Waals surface area contributed by atoms with Gasteiger partial charge in [-0.05, 0) is 37.8 Å². The topological polar surface area (TPSA) is 92.5 Å². The number of nitro groups is 1. The van der Waals surface area contributed by atoms with Crippen LogP contribution in [0.1, 0.15) is 36.0 Å². The van der Waals surface area contributed by atoms with Crippen LogP contribution in [-0.2, 0) is 0 Å². The van der Waals surface area contributed by atoms with Crippen LogP contribution >= 0.6 is 0 Å². The lowest BCUT2D eigenvalue weighted by molar-refractivity contribution is -0.385. The van der Waals surface area contributed by atoms with Gasteiger partial charge in [-0.2, -0.15) is 0 Å². The van der Waals surface area contributed by atoms with E-state index < -0.39 is 28.4 Å². The first-order valence-corrected chi connectivity index (χ1v) is 6.40. The Balaban J connectivity index is 2.16. The van der Waals surface area contributed by atoms with Gasteiger partial charge in [-0.25, -0.2) is 4.39 Å². The van der Waals surface area contributed by atoms with Crippen LogP contribution in [0.5, 0.6) is 0 Å². The van der Waals surface area contributed by atoms with E-state index in [1.165, 1.54) is 0 Å². The molecule has 0 saturated heterocycles. The fourth-order valence-electron chi connectivity index (χ4n) is 2.41. The zero-order valence-electron chi connectivity index (χ0n) is 10.7. The van der Waals surface area contributed by atoms with Crippen molar-refractivity contribution in [2.75, 3.05) is 0 Å². The Morgan fingerprint density at radius 2 is 2.20 bits per heavy atom. The summed E-state index contributed by atoms with van der Waals surface area (Å²) in [5, 5.41) is 23.0. The van der Waals surface area contributed by atoms with Gasteiger partial charge in [0.1, 0.15) is 11.4 Å². The number of carbonyl (C=O) groups is 1. The van der Waals surface area contributed by atoms with Gasteiger partial charge in [0.2, 0.25) is 0 Å². The monoisotopic (exact) mass is 282 g/mol. The number of nitro benzene ring substituents is 1. The SMILES string of the molecule is O=C(NC1CCCC(O)C1)c1cc(F)ccc1[N+](=O)[O-]. The molecule has 0 radical (unpaired) electrons. The molecule has 2 atom stereocenters. The second-order valence-electron chi connectivity index (χ2n) is 4.91. The number of benzene rings is 1. The van der Waals surface area contributed by atoms with Gasteiger partial charge >= 0.3 is 0 Å². The molecule has 7 heteroatoms. The molecule has 1 fully saturated rings. The van der Waals surface area contributed by atoms with Gasteiger partial charge in [0.25, 0.3) is 11.6 Å². The summed E-state index contributed by atoms with van der Waals surface area (Å²) in [5.74, 6) is -1.39. The van der Waals surface area contributed by atoms with E-state index in [-0.39, 0.29) is 11.6 Å². The van der Waals surface area contributed by atoms with Gasteiger partial charge < -0.3 is 10.4 Å². The molecule has 1 saturated carbocycles. The number of nitrogens with one attached hydrogen (secondary N) is 1. The zero-order valence-corrected chi connectivity index (χ0v) is 10.7. The first kappa shape index (κ1) is 14.4. The molecule has 2 N–H and O–H groups in total. The van der Waals surface area contributed by atoms with Crippen molar-refractivity contribution in [1.82, 2.24) is 5.32 Å².